The Balaban J connectivity index is 1.80. The number of piperidine rings is 1. The molecule has 1 saturated heterocycles. The Bertz CT molecular complexity index is 618. The van der Waals surface area contributed by atoms with Gasteiger partial charge in [-0.25, -0.2) is 12.7 Å². The maximum atomic E-state index is 12.1. The van der Waals surface area contributed by atoms with Crippen LogP contribution in [0.2, 0.25) is 0 Å². The predicted molar refractivity (Wildman–Crippen MR) is 82.5 cm³/mol. The summed E-state index contributed by atoms with van der Waals surface area (Å²) in [5, 5.41) is 12.8. The van der Waals surface area contributed by atoms with E-state index < -0.39 is 16.1 Å². The zero-order chi connectivity index (χ0) is 16.3. The van der Waals surface area contributed by atoms with Gasteiger partial charge < -0.3 is 15.0 Å². The van der Waals surface area contributed by atoms with Crippen LogP contribution in [-0.4, -0.2) is 54.2 Å². The highest BCUT2D eigenvalue weighted by atomic mass is 32.2. The summed E-state index contributed by atoms with van der Waals surface area (Å²) < 4.78 is 26.1. The second-order valence-corrected chi connectivity index (χ2v) is 7.72. The molecule has 1 aromatic rings. The predicted octanol–water partition coefficient (Wildman–Crippen LogP) is -0.154. The molecule has 1 unspecified atom stereocenters. The van der Waals surface area contributed by atoms with Gasteiger partial charge in [-0.1, -0.05) is 0 Å². The zero-order valence-corrected chi connectivity index (χ0v) is 13.7. The molecule has 0 aliphatic carbocycles. The first kappa shape index (κ1) is 17.0. The number of aliphatic hydroxyl groups excluding tert-OH is 1. The van der Waals surface area contributed by atoms with Gasteiger partial charge in [0.2, 0.25) is 15.9 Å². The molecule has 7 nitrogen and oxygen atoms in total. The minimum Gasteiger partial charge on any atom is -0.385 e. The van der Waals surface area contributed by atoms with Gasteiger partial charge in [0.05, 0.1) is 6.26 Å². The third kappa shape index (κ3) is 4.08. The molecule has 0 saturated carbocycles. The highest BCUT2D eigenvalue weighted by Gasteiger charge is 2.29. The smallest absolute Gasteiger partial charge is 0.223 e. The van der Waals surface area contributed by atoms with Crippen LogP contribution >= 0.6 is 0 Å². The fraction of sp³-hybridized carbons (Fsp3) is 0.643. The third-order valence-electron chi connectivity index (χ3n) is 4.09. The van der Waals surface area contributed by atoms with E-state index in [0.717, 1.165) is 5.69 Å². The van der Waals surface area contributed by atoms with E-state index in [0.29, 0.717) is 25.9 Å². The summed E-state index contributed by atoms with van der Waals surface area (Å²) in [6, 6.07) is 3.64. The first-order chi connectivity index (χ1) is 10.3. The molecule has 1 atom stereocenters. The summed E-state index contributed by atoms with van der Waals surface area (Å²) in [4.78, 5) is 12.1. The first-order valence-corrected chi connectivity index (χ1v) is 9.16. The molecule has 0 radical (unpaired) electrons. The highest BCUT2D eigenvalue weighted by Crippen LogP contribution is 2.19. The molecule has 22 heavy (non-hydrogen) atoms. The number of aromatic nitrogens is 1. The lowest BCUT2D eigenvalue weighted by atomic mass is 9.97. The lowest BCUT2D eigenvalue weighted by Crippen LogP contribution is -2.43. The number of sulfonamides is 1. The maximum absolute atomic E-state index is 12.1. The van der Waals surface area contributed by atoms with Crippen molar-refractivity contribution in [3.8, 4) is 0 Å². The van der Waals surface area contributed by atoms with E-state index in [1.807, 2.05) is 19.3 Å². The van der Waals surface area contributed by atoms with Crippen molar-refractivity contribution >= 4 is 15.9 Å². The molecule has 2 heterocycles. The average molecular weight is 329 g/mol. The van der Waals surface area contributed by atoms with Crippen molar-refractivity contribution < 1.29 is 18.3 Å². The van der Waals surface area contributed by atoms with Crippen LogP contribution in [0.4, 0.5) is 0 Å². The molecule has 0 spiro atoms. The number of nitrogens with one attached hydrogen (secondary N) is 1. The van der Waals surface area contributed by atoms with Crippen molar-refractivity contribution in [3.05, 3.63) is 24.0 Å². The molecule has 2 N–H and O–H groups in total. The molecular weight excluding hydrogens is 306 g/mol. The zero-order valence-electron chi connectivity index (χ0n) is 12.9. The molecule has 8 heteroatoms. The topological polar surface area (TPSA) is 91.6 Å². The molecular formula is C14H23N3O4S. The first-order valence-electron chi connectivity index (χ1n) is 7.31. The minimum atomic E-state index is -3.18. The van der Waals surface area contributed by atoms with Crippen LogP contribution in [0.25, 0.3) is 0 Å². The summed E-state index contributed by atoms with van der Waals surface area (Å²) in [6.07, 6.45) is 3.29. The summed E-state index contributed by atoms with van der Waals surface area (Å²) in [6.45, 7) is 0.900. The van der Waals surface area contributed by atoms with Crippen molar-refractivity contribution in [2.45, 2.75) is 18.9 Å². The lowest BCUT2D eigenvalue weighted by molar-refractivity contribution is -0.126. The van der Waals surface area contributed by atoms with Crippen LogP contribution in [0, 0.1) is 5.92 Å². The second kappa shape index (κ2) is 6.80. The summed E-state index contributed by atoms with van der Waals surface area (Å²) in [5.74, 6) is -0.319. The van der Waals surface area contributed by atoms with Crippen molar-refractivity contribution in [3.63, 3.8) is 0 Å². The van der Waals surface area contributed by atoms with Crippen LogP contribution < -0.4 is 5.32 Å². The number of nitrogens with zero attached hydrogens (tertiary/aromatic N) is 2. The summed E-state index contributed by atoms with van der Waals surface area (Å²) in [5.41, 5.74) is 0.743. The van der Waals surface area contributed by atoms with Gasteiger partial charge in [0.25, 0.3) is 0 Å². The fourth-order valence-electron chi connectivity index (χ4n) is 2.72. The number of hydrogen-bond donors (Lipinski definition) is 2. The van der Waals surface area contributed by atoms with Gasteiger partial charge in [-0.2, -0.15) is 0 Å². The number of carbonyl (C=O) groups excluding carboxylic acids is 1. The number of amides is 1. The van der Waals surface area contributed by atoms with Crippen LogP contribution in [0.1, 0.15) is 24.6 Å². The number of aryl methyl sites for hydroxylation is 1. The van der Waals surface area contributed by atoms with Crippen LogP contribution in [0.5, 0.6) is 0 Å². The number of aliphatic hydroxyl groups is 1. The lowest BCUT2D eigenvalue weighted by Gasteiger charge is -2.29. The van der Waals surface area contributed by atoms with E-state index in [9.17, 15) is 18.3 Å². The third-order valence-corrected chi connectivity index (χ3v) is 5.39. The van der Waals surface area contributed by atoms with Gasteiger partial charge in [-0.15, -0.1) is 0 Å². The maximum Gasteiger partial charge on any atom is 0.223 e. The van der Waals surface area contributed by atoms with Gasteiger partial charge >= 0.3 is 0 Å². The Morgan fingerprint density at radius 3 is 2.59 bits per heavy atom. The van der Waals surface area contributed by atoms with Gasteiger partial charge in [0.1, 0.15) is 6.10 Å². The Hall–Kier alpha value is -1.38. The van der Waals surface area contributed by atoms with E-state index in [4.69, 9.17) is 0 Å². The van der Waals surface area contributed by atoms with E-state index in [2.05, 4.69) is 5.32 Å². The molecule has 0 bridgehead atoms. The van der Waals surface area contributed by atoms with Crippen LogP contribution in [0.3, 0.4) is 0 Å². The van der Waals surface area contributed by atoms with Crippen molar-refractivity contribution in [1.82, 2.24) is 14.2 Å². The van der Waals surface area contributed by atoms with Gasteiger partial charge in [0.15, 0.2) is 0 Å². The molecule has 1 aliphatic rings. The van der Waals surface area contributed by atoms with E-state index in [1.54, 1.807) is 10.6 Å². The summed E-state index contributed by atoms with van der Waals surface area (Å²) in [7, 11) is -1.34. The van der Waals surface area contributed by atoms with E-state index >= 15 is 0 Å². The monoisotopic (exact) mass is 329 g/mol. The van der Waals surface area contributed by atoms with Gasteiger partial charge in [-0.3, -0.25) is 4.79 Å². The minimum absolute atomic E-state index is 0.124. The molecule has 124 valence electrons. The molecule has 1 amide bonds. The number of hydrogen-bond acceptors (Lipinski definition) is 4. The number of rotatable bonds is 5. The Labute approximate surface area is 131 Å². The Morgan fingerprint density at radius 1 is 1.45 bits per heavy atom. The molecule has 0 aromatic carbocycles. The quantitative estimate of drug-likeness (QED) is 0.786. The molecule has 1 aliphatic heterocycles. The van der Waals surface area contributed by atoms with E-state index in [-0.39, 0.29) is 18.4 Å². The summed E-state index contributed by atoms with van der Waals surface area (Å²) >= 11 is 0. The Morgan fingerprint density at radius 2 is 2.09 bits per heavy atom. The number of carbonyl (C=O) groups is 1. The molecule has 1 fully saturated rings. The molecule has 2 rings (SSSR count). The SMILES string of the molecule is Cn1cccc1C(O)CNC(=O)C1CCN(S(C)(=O)=O)CC1. The van der Waals surface area contributed by atoms with Crippen molar-refractivity contribution in [2.75, 3.05) is 25.9 Å². The standard InChI is InChI=1S/C14H23N3O4S/c1-16-7-3-4-12(16)13(18)10-15-14(19)11-5-8-17(9-6-11)22(2,20)21/h3-4,7,11,13,18H,5-6,8-10H2,1-2H3,(H,15,19). The van der Waals surface area contributed by atoms with Crippen LogP contribution in [-0.2, 0) is 21.9 Å². The largest absolute Gasteiger partial charge is 0.385 e. The Kier molecular flexibility index (Phi) is 5.25. The van der Waals surface area contributed by atoms with E-state index in [1.165, 1.54) is 10.6 Å². The normalized spacial score (nSPS) is 19.0. The van der Waals surface area contributed by atoms with Crippen molar-refractivity contribution in [2.24, 2.45) is 13.0 Å². The van der Waals surface area contributed by atoms with Crippen LogP contribution in [0.15, 0.2) is 18.3 Å². The molecule has 1 aromatic heterocycles. The van der Waals surface area contributed by atoms with Crippen molar-refractivity contribution in [1.29, 1.82) is 0 Å². The second-order valence-electron chi connectivity index (χ2n) is 5.74. The average Bonchev–Trinajstić information content (AvgIpc) is 2.90. The van der Waals surface area contributed by atoms with Gasteiger partial charge in [0, 0.05) is 44.5 Å². The van der Waals surface area contributed by atoms with Gasteiger partial charge in [-0.05, 0) is 25.0 Å². The fourth-order valence-corrected chi connectivity index (χ4v) is 3.59. The highest BCUT2D eigenvalue weighted by molar-refractivity contribution is 7.88.